The molecule has 0 bridgehead atoms. The zero-order valence-corrected chi connectivity index (χ0v) is 12.8. The second-order valence-electron chi connectivity index (χ2n) is 5.28. The van der Waals surface area contributed by atoms with Gasteiger partial charge in [-0.25, -0.2) is 0 Å². The van der Waals surface area contributed by atoms with E-state index in [0.29, 0.717) is 16.3 Å². The van der Waals surface area contributed by atoms with Crippen LogP contribution in [0, 0.1) is 18.3 Å². The molecular formula is C15H15ClN4O. The minimum Gasteiger partial charge on any atom is -0.323 e. The number of anilines is 1. The Morgan fingerprint density at radius 2 is 2.19 bits per heavy atom. The highest BCUT2D eigenvalue weighted by molar-refractivity contribution is 6.33. The van der Waals surface area contributed by atoms with Crippen LogP contribution in [-0.4, -0.2) is 15.7 Å². The van der Waals surface area contributed by atoms with Crippen LogP contribution >= 0.6 is 11.6 Å². The van der Waals surface area contributed by atoms with Gasteiger partial charge in [0.05, 0.1) is 28.5 Å². The Kier molecular flexibility index (Phi) is 4.01. The number of halogens is 1. The predicted octanol–water partition coefficient (Wildman–Crippen LogP) is 3.09. The van der Waals surface area contributed by atoms with Crippen LogP contribution in [-0.2, 0) is 10.3 Å². The van der Waals surface area contributed by atoms with Gasteiger partial charge in [0.2, 0.25) is 0 Å². The molecule has 1 heterocycles. The van der Waals surface area contributed by atoms with Crippen LogP contribution < -0.4 is 5.32 Å². The molecule has 0 aliphatic rings. The number of nitriles is 1. The summed E-state index contributed by atoms with van der Waals surface area (Å²) in [6.07, 6.45) is 3.50. The Hall–Kier alpha value is -2.32. The van der Waals surface area contributed by atoms with Crippen LogP contribution in [0.15, 0.2) is 30.6 Å². The molecule has 1 N–H and O–H groups in total. The fraction of sp³-hybridized carbons (Fsp3) is 0.267. The van der Waals surface area contributed by atoms with Crippen LogP contribution in [0.3, 0.4) is 0 Å². The lowest BCUT2D eigenvalue weighted by atomic mass is 10.0. The van der Waals surface area contributed by atoms with Gasteiger partial charge in [0.15, 0.2) is 0 Å². The van der Waals surface area contributed by atoms with Crippen LogP contribution in [0.1, 0.15) is 25.0 Å². The number of hydrogen-bond acceptors (Lipinski definition) is 3. The lowest BCUT2D eigenvalue weighted by Crippen LogP contribution is -2.40. The van der Waals surface area contributed by atoms with E-state index in [9.17, 15) is 4.79 Å². The lowest BCUT2D eigenvalue weighted by molar-refractivity contribution is -0.123. The van der Waals surface area contributed by atoms with Crippen molar-refractivity contribution in [1.29, 1.82) is 5.26 Å². The molecule has 0 aliphatic carbocycles. The van der Waals surface area contributed by atoms with E-state index < -0.39 is 5.54 Å². The number of rotatable bonds is 3. The molecule has 0 aliphatic heterocycles. The number of nitrogens with zero attached hydrogens (tertiary/aromatic N) is 3. The van der Waals surface area contributed by atoms with Gasteiger partial charge in [-0.15, -0.1) is 0 Å². The normalized spacial score (nSPS) is 11.0. The molecular weight excluding hydrogens is 288 g/mol. The van der Waals surface area contributed by atoms with Crippen molar-refractivity contribution in [3.63, 3.8) is 0 Å². The SMILES string of the molecule is Cc1cnn(C(C)(C)C(=O)Nc2ccc(C#N)cc2Cl)c1. The van der Waals surface area contributed by atoms with E-state index in [-0.39, 0.29) is 5.91 Å². The first-order chi connectivity index (χ1) is 9.84. The van der Waals surface area contributed by atoms with Crippen LogP contribution in [0.25, 0.3) is 0 Å². The minimum absolute atomic E-state index is 0.239. The molecule has 2 rings (SSSR count). The fourth-order valence-corrected chi connectivity index (χ4v) is 2.01. The Bertz CT molecular complexity index is 728. The fourth-order valence-electron chi connectivity index (χ4n) is 1.78. The number of aryl methyl sites for hydroxylation is 1. The van der Waals surface area contributed by atoms with Crippen molar-refractivity contribution in [3.8, 4) is 6.07 Å². The van der Waals surface area contributed by atoms with Gasteiger partial charge in [-0.1, -0.05) is 11.6 Å². The molecule has 0 radical (unpaired) electrons. The summed E-state index contributed by atoms with van der Waals surface area (Å²) in [6, 6.07) is 6.73. The zero-order chi connectivity index (χ0) is 15.6. The molecule has 0 saturated carbocycles. The molecule has 1 amide bonds. The quantitative estimate of drug-likeness (QED) is 0.947. The maximum absolute atomic E-state index is 12.5. The molecule has 0 unspecified atom stereocenters. The highest BCUT2D eigenvalue weighted by Crippen LogP contribution is 2.25. The van der Waals surface area contributed by atoms with Gasteiger partial charge in [-0.05, 0) is 44.5 Å². The molecule has 0 fully saturated rings. The van der Waals surface area contributed by atoms with Crippen molar-refractivity contribution in [3.05, 3.63) is 46.7 Å². The summed E-state index contributed by atoms with van der Waals surface area (Å²) in [6.45, 7) is 5.45. The Morgan fingerprint density at radius 3 is 2.71 bits per heavy atom. The Balaban J connectivity index is 2.23. The molecule has 1 aromatic carbocycles. The highest BCUT2D eigenvalue weighted by Gasteiger charge is 2.30. The van der Waals surface area contributed by atoms with Crippen LogP contribution in [0.5, 0.6) is 0 Å². The molecule has 6 heteroatoms. The van der Waals surface area contributed by atoms with Gasteiger partial charge in [0, 0.05) is 6.20 Å². The number of amides is 1. The average molecular weight is 303 g/mol. The van der Waals surface area contributed by atoms with Crippen molar-refractivity contribution in [2.24, 2.45) is 0 Å². The summed E-state index contributed by atoms with van der Waals surface area (Å²) in [5, 5.41) is 16.1. The van der Waals surface area contributed by atoms with E-state index >= 15 is 0 Å². The molecule has 21 heavy (non-hydrogen) atoms. The summed E-state index contributed by atoms with van der Waals surface area (Å²) < 4.78 is 1.61. The standard InChI is InChI=1S/C15H15ClN4O/c1-10-8-18-20(9-10)15(2,3)14(21)19-13-5-4-11(7-17)6-12(13)16/h4-6,8-9H,1-3H3,(H,19,21). The minimum atomic E-state index is -0.856. The van der Waals surface area contributed by atoms with Gasteiger partial charge in [0.1, 0.15) is 5.54 Å². The van der Waals surface area contributed by atoms with Crippen molar-refractivity contribution < 1.29 is 4.79 Å². The molecule has 108 valence electrons. The molecule has 0 atom stereocenters. The van der Waals surface area contributed by atoms with Crippen LogP contribution in [0.2, 0.25) is 5.02 Å². The number of nitrogens with one attached hydrogen (secondary N) is 1. The summed E-state index contributed by atoms with van der Waals surface area (Å²) in [5.41, 5.74) is 1.04. The van der Waals surface area contributed by atoms with Crippen LogP contribution in [0.4, 0.5) is 5.69 Å². The van der Waals surface area contributed by atoms with Gasteiger partial charge < -0.3 is 5.32 Å². The third-order valence-electron chi connectivity index (χ3n) is 3.19. The van der Waals surface area contributed by atoms with Crippen molar-refractivity contribution in [2.45, 2.75) is 26.3 Å². The van der Waals surface area contributed by atoms with Gasteiger partial charge in [-0.3, -0.25) is 9.48 Å². The van der Waals surface area contributed by atoms with Gasteiger partial charge in [-0.2, -0.15) is 10.4 Å². The molecule has 2 aromatic rings. The maximum atomic E-state index is 12.5. The Labute approximate surface area is 128 Å². The van der Waals surface area contributed by atoms with E-state index in [4.69, 9.17) is 16.9 Å². The second-order valence-corrected chi connectivity index (χ2v) is 5.69. The summed E-state index contributed by atoms with van der Waals surface area (Å²) in [4.78, 5) is 12.5. The lowest BCUT2D eigenvalue weighted by Gasteiger charge is -2.24. The smallest absolute Gasteiger partial charge is 0.251 e. The number of carbonyl (C=O) groups excluding carboxylic acids is 1. The average Bonchev–Trinajstić information content (AvgIpc) is 2.88. The van der Waals surface area contributed by atoms with Gasteiger partial charge in [0.25, 0.3) is 5.91 Å². The summed E-state index contributed by atoms with van der Waals surface area (Å²) in [7, 11) is 0. The van der Waals surface area contributed by atoms with E-state index in [1.165, 1.54) is 6.07 Å². The van der Waals surface area contributed by atoms with Gasteiger partial charge >= 0.3 is 0 Å². The van der Waals surface area contributed by atoms with E-state index in [1.807, 2.05) is 13.0 Å². The van der Waals surface area contributed by atoms with E-state index in [0.717, 1.165) is 5.56 Å². The maximum Gasteiger partial charge on any atom is 0.251 e. The summed E-state index contributed by atoms with van der Waals surface area (Å²) in [5.74, 6) is -0.239. The first-order valence-corrected chi connectivity index (χ1v) is 6.75. The first kappa shape index (κ1) is 15.1. The number of benzene rings is 1. The summed E-state index contributed by atoms with van der Waals surface area (Å²) >= 11 is 6.06. The zero-order valence-electron chi connectivity index (χ0n) is 12.0. The Morgan fingerprint density at radius 1 is 1.48 bits per heavy atom. The monoisotopic (exact) mass is 302 g/mol. The molecule has 0 spiro atoms. The molecule has 5 nitrogen and oxygen atoms in total. The topological polar surface area (TPSA) is 70.7 Å². The molecule has 1 aromatic heterocycles. The van der Waals surface area contributed by atoms with Crippen molar-refractivity contribution in [2.75, 3.05) is 5.32 Å². The largest absolute Gasteiger partial charge is 0.323 e. The number of hydrogen-bond donors (Lipinski definition) is 1. The first-order valence-electron chi connectivity index (χ1n) is 6.37. The number of carbonyl (C=O) groups is 1. The third-order valence-corrected chi connectivity index (χ3v) is 3.50. The number of aromatic nitrogens is 2. The predicted molar refractivity (Wildman–Crippen MR) is 81.1 cm³/mol. The van der Waals surface area contributed by atoms with E-state index in [1.54, 1.807) is 43.1 Å². The third kappa shape index (κ3) is 3.06. The van der Waals surface area contributed by atoms with Crippen molar-refractivity contribution >= 4 is 23.2 Å². The van der Waals surface area contributed by atoms with E-state index in [2.05, 4.69) is 10.4 Å². The molecule has 0 saturated heterocycles. The second kappa shape index (κ2) is 5.58. The highest BCUT2D eigenvalue weighted by atomic mass is 35.5. The van der Waals surface area contributed by atoms with Crippen molar-refractivity contribution in [1.82, 2.24) is 9.78 Å².